The normalized spacial score (nSPS) is 49.2. The molecule has 0 spiro atoms. The summed E-state index contributed by atoms with van der Waals surface area (Å²) < 4.78 is 12.2. The average molecular weight is 525 g/mol. The molecular formula is C34H52O4. The summed E-state index contributed by atoms with van der Waals surface area (Å²) >= 11 is 0. The first-order valence-corrected chi connectivity index (χ1v) is 15.3. The monoisotopic (exact) mass is 524 g/mol. The largest absolute Gasteiger partial charge is 0.462 e. The molecule has 0 aliphatic heterocycles. The van der Waals surface area contributed by atoms with Crippen LogP contribution in [0.2, 0.25) is 0 Å². The molecule has 5 rings (SSSR count). The van der Waals surface area contributed by atoms with E-state index in [4.69, 9.17) is 9.47 Å². The van der Waals surface area contributed by atoms with Crippen LogP contribution in [0.5, 0.6) is 0 Å². The molecular weight excluding hydrogens is 472 g/mol. The van der Waals surface area contributed by atoms with Crippen LogP contribution in [0.4, 0.5) is 0 Å². The Hall–Kier alpha value is -1.58. The minimum atomic E-state index is -0.165. The number of carbonyl (C=O) groups excluding carboxylic acids is 2. The topological polar surface area (TPSA) is 52.6 Å². The molecule has 10 atom stereocenters. The van der Waals surface area contributed by atoms with E-state index < -0.39 is 0 Å². The van der Waals surface area contributed by atoms with Crippen LogP contribution < -0.4 is 0 Å². The molecule has 5 aliphatic carbocycles. The van der Waals surface area contributed by atoms with E-state index in [0.717, 1.165) is 38.5 Å². The minimum absolute atomic E-state index is 0.00676. The van der Waals surface area contributed by atoms with E-state index in [1.54, 1.807) is 25.0 Å². The molecule has 0 bridgehead atoms. The highest BCUT2D eigenvalue weighted by Crippen LogP contribution is 2.74. The zero-order valence-corrected chi connectivity index (χ0v) is 25.7. The summed E-state index contributed by atoms with van der Waals surface area (Å²) in [6.07, 6.45) is 12.4. The molecule has 5 aliphatic rings. The maximum atomic E-state index is 12.4. The Morgan fingerprint density at radius 1 is 0.789 bits per heavy atom. The molecule has 2 unspecified atom stereocenters. The molecule has 38 heavy (non-hydrogen) atoms. The summed E-state index contributed by atoms with van der Waals surface area (Å²) in [6, 6.07) is 0. The van der Waals surface area contributed by atoms with Crippen molar-refractivity contribution in [2.24, 2.45) is 50.7 Å². The minimum Gasteiger partial charge on any atom is -0.462 e. The first-order chi connectivity index (χ1) is 17.5. The van der Waals surface area contributed by atoms with Gasteiger partial charge in [0.05, 0.1) is 0 Å². The van der Waals surface area contributed by atoms with E-state index in [1.807, 2.05) is 0 Å². The van der Waals surface area contributed by atoms with Gasteiger partial charge in [-0.25, -0.2) is 0 Å². The molecule has 4 fully saturated rings. The number of allylic oxidation sites excluding steroid dienone is 4. The van der Waals surface area contributed by atoms with Gasteiger partial charge in [0, 0.05) is 30.1 Å². The van der Waals surface area contributed by atoms with E-state index in [1.165, 1.54) is 6.42 Å². The molecule has 0 aromatic heterocycles. The van der Waals surface area contributed by atoms with Crippen LogP contribution in [0, 0.1) is 50.7 Å². The van der Waals surface area contributed by atoms with Gasteiger partial charge < -0.3 is 9.47 Å². The van der Waals surface area contributed by atoms with Gasteiger partial charge in [0.25, 0.3) is 0 Å². The fourth-order valence-corrected chi connectivity index (χ4v) is 10.9. The van der Waals surface area contributed by atoms with E-state index >= 15 is 0 Å². The molecule has 0 radical (unpaired) electrons. The lowest BCUT2D eigenvalue weighted by Crippen LogP contribution is -2.64. The zero-order chi connectivity index (χ0) is 28.1. The zero-order valence-electron chi connectivity index (χ0n) is 25.7. The maximum Gasteiger partial charge on any atom is 0.302 e. The number of esters is 2. The molecule has 4 nitrogen and oxygen atoms in total. The highest BCUT2D eigenvalue weighted by Gasteiger charge is 2.68. The number of rotatable bonds is 2. The van der Waals surface area contributed by atoms with Crippen LogP contribution in [-0.4, -0.2) is 24.1 Å². The number of hydrogen-bond acceptors (Lipinski definition) is 4. The summed E-state index contributed by atoms with van der Waals surface area (Å²) in [7, 11) is 0. The Kier molecular flexibility index (Phi) is 6.41. The van der Waals surface area contributed by atoms with Crippen molar-refractivity contribution in [2.75, 3.05) is 0 Å². The van der Waals surface area contributed by atoms with Crippen molar-refractivity contribution in [1.82, 2.24) is 0 Å². The SMILES string of the molecule is CC(=O)O[C@H]1CC[C@]2(C)C3=CC=C4C5[C@@H](C)[C@H](C)CC[C@]5(C)[C@@H](OC(C)=O)C[C@@]4(C)[C@]3(C)CCC2C1(C)C. The summed E-state index contributed by atoms with van der Waals surface area (Å²) in [5.74, 6) is 1.79. The third-order valence-corrected chi connectivity index (χ3v) is 13.4. The lowest BCUT2D eigenvalue weighted by molar-refractivity contribution is -0.184. The first kappa shape index (κ1) is 28.0. The lowest BCUT2D eigenvalue weighted by atomic mass is 9.35. The highest BCUT2D eigenvalue weighted by molar-refractivity contribution is 5.66. The van der Waals surface area contributed by atoms with Crippen molar-refractivity contribution in [3.05, 3.63) is 23.3 Å². The van der Waals surface area contributed by atoms with Gasteiger partial charge in [0.1, 0.15) is 12.2 Å². The van der Waals surface area contributed by atoms with Crippen molar-refractivity contribution in [3.63, 3.8) is 0 Å². The molecule has 0 aromatic carbocycles. The average Bonchev–Trinajstić information content (AvgIpc) is 2.79. The summed E-state index contributed by atoms with van der Waals surface area (Å²) in [5.41, 5.74) is 3.11. The Morgan fingerprint density at radius 2 is 1.42 bits per heavy atom. The molecule has 0 N–H and O–H groups in total. The second kappa shape index (κ2) is 8.71. The highest BCUT2D eigenvalue weighted by atomic mass is 16.5. The van der Waals surface area contributed by atoms with Crippen LogP contribution in [0.15, 0.2) is 23.3 Å². The Balaban J connectivity index is 1.63. The lowest BCUT2D eigenvalue weighted by Gasteiger charge is -2.69. The van der Waals surface area contributed by atoms with Gasteiger partial charge in [-0.05, 0) is 79.4 Å². The fourth-order valence-electron chi connectivity index (χ4n) is 10.9. The molecule has 0 aromatic rings. The molecule has 4 heteroatoms. The van der Waals surface area contributed by atoms with Crippen molar-refractivity contribution in [1.29, 1.82) is 0 Å². The van der Waals surface area contributed by atoms with Crippen LogP contribution in [-0.2, 0) is 19.1 Å². The Morgan fingerprint density at radius 3 is 2.05 bits per heavy atom. The molecule has 0 amide bonds. The summed E-state index contributed by atoms with van der Waals surface area (Å²) in [5, 5.41) is 0. The quantitative estimate of drug-likeness (QED) is 0.343. The predicted octanol–water partition coefficient (Wildman–Crippen LogP) is 8.06. The molecule has 0 saturated heterocycles. The number of fused-ring (bicyclic) bond motifs is 7. The van der Waals surface area contributed by atoms with E-state index in [0.29, 0.717) is 23.7 Å². The third kappa shape index (κ3) is 3.59. The van der Waals surface area contributed by atoms with Crippen molar-refractivity contribution < 1.29 is 19.1 Å². The van der Waals surface area contributed by atoms with Gasteiger partial charge >= 0.3 is 11.9 Å². The number of carbonyl (C=O) groups is 2. The fraction of sp³-hybridized carbons (Fsp3) is 0.824. The second-order valence-electron chi connectivity index (χ2n) is 15.5. The molecule has 212 valence electrons. The number of ether oxygens (including phenoxy) is 2. The van der Waals surface area contributed by atoms with Crippen molar-refractivity contribution in [3.8, 4) is 0 Å². The van der Waals surface area contributed by atoms with Crippen LogP contribution in [0.3, 0.4) is 0 Å². The predicted molar refractivity (Wildman–Crippen MR) is 151 cm³/mol. The van der Waals surface area contributed by atoms with Crippen molar-refractivity contribution >= 4 is 11.9 Å². The van der Waals surface area contributed by atoms with Gasteiger partial charge in [0.2, 0.25) is 0 Å². The smallest absolute Gasteiger partial charge is 0.302 e. The van der Waals surface area contributed by atoms with E-state index in [2.05, 4.69) is 67.5 Å². The second-order valence-corrected chi connectivity index (χ2v) is 15.5. The Bertz CT molecular complexity index is 1080. The summed E-state index contributed by atoms with van der Waals surface area (Å²) in [6.45, 7) is 22.6. The molecule has 0 heterocycles. The Labute approximate surface area is 231 Å². The van der Waals surface area contributed by atoms with E-state index in [9.17, 15) is 9.59 Å². The van der Waals surface area contributed by atoms with E-state index in [-0.39, 0.29) is 51.2 Å². The van der Waals surface area contributed by atoms with Crippen LogP contribution >= 0.6 is 0 Å². The molecule has 4 saturated carbocycles. The van der Waals surface area contributed by atoms with Gasteiger partial charge in [-0.3, -0.25) is 9.59 Å². The van der Waals surface area contributed by atoms with Gasteiger partial charge in [-0.1, -0.05) is 78.7 Å². The first-order valence-electron chi connectivity index (χ1n) is 15.3. The third-order valence-electron chi connectivity index (χ3n) is 13.4. The number of hydrogen-bond donors (Lipinski definition) is 0. The standard InChI is InChI=1S/C34H52O4/c1-20-13-16-32(8)28(38-23(4)36)19-34(10)24(29(32)21(20)2)11-12-26-31(7)17-15-27(37-22(3)35)30(5,6)25(31)14-18-33(26,34)9/h11-12,20-21,25,27-29H,13-19H2,1-10H3/t20-,21+,25?,27+,28+,29?,31+,32-,33-,34-/m1/s1. The van der Waals surface area contributed by atoms with Crippen LogP contribution in [0.1, 0.15) is 114 Å². The van der Waals surface area contributed by atoms with Crippen LogP contribution in [0.25, 0.3) is 0 Å². The van der Waals surface area contributed by atoms with Gasteiger partial charge in [-0.2, -0.15) is 0 Å². The summed E-state index contributed by atoms with van der Waals surface area (Å²) in [4.78, 5) is 24.4. The van der Waals surface area contributed by atoms with Gasteiger partial charge in [-0.15, -0.1) is 0 Å². The van der Waals surface area contributed by atoms with Crippen molar-refractivity contribution in [2.45, 2.75) is 126 Å². The maximum absolute atomic E-state index is 12.4. The van der Waals surface area contributed by atoms with Gasteiger partial charge in [0.15, 0.2) is 0 Å².